The minimum atomic E-state index is -1.23. The van der Waals surface area contributed by atoms with E-state index in [1.807, 2.05) is 31.2 Å². The normalized spacial score (nSPS) is 13.8. The molecule has 0 aliphatic heterocycles. The summed E-state index contributed by atoms with van der Waals surface area (Å²) in [6.45, 7) is 1.86. The smallest absolute Gasteiger partial charge is 0.165 e. The quantitative estimate of drug-likeness (QED) is 0.903. The Hall–Kier alpha value is -1.39. The molecular weight excluding hydrogens is 323 g/mol. The highest BCUT2D eigenvalue weighted by atomic mass is 79.9. The molecule has 1 atom stereocenters. The second-order valence-electron chi connectivity index (χ2n) is 4.57. The number of rotatable bonds is 4. The number of halogens is 2. The summed E-state index contributed by atoms with van der Waals surface area (Å²) in [6, 6.07) is 11.9. The molecule has 4 heteroatoms. The van der Waals surface area contributed by atoms with E-state index in [2.05, 4.69) is 15.9 Å². The number of hydrogen-bond acceptors (Lipinski definition) is 2. The van der Waals surface area contributed by atoms with Crippen LogP contribution < -0.4 is 4.74 Å². The van der Waals surface area contributed by atoms with Gasteiger partial charge >= 0.3 is 0 Å². The van der Waals surface area contributed by atoms with Gasteiger partial charge in [0.1, 0.15) is 5.60 Å². The second-order valence-corrected chi connectivity index (χ2v) is 5.49. The first-order chi connectivity index (χ1) is 9.51. The van der Waals surface area contributed by atoms with Gasteiger partial charge in [0, 0.05) is 4.47 Å². The van der Waals surface area contributed by atoms with Crippen LogP contribution in [0.3, 0.4) is 0 Å². The van der Waals surface area contributed by atoms with E-state index < -0.39 is 11.4 Å². The first-order valence-corrected chi connectivity index (χ1v) is 7.13. The summed E-state index contributed by atoms with van der Waals surface area (Å²) >= 11 is 3.39. The maximum atomic E-state index is 13.9. The third kappa shape index (κ3) is 2.72. The molecule has 0 aromatic heterocycles. The Balaban J connectivity index is 2.53. The summed E-state index contributed by atoms with van der Waals surface area (Å²) in [5.74, 6) is -0.312. The van der Waals surface area contributed by atoms with E-state index in [-0.39, 0.29) is 5.75 Å². The van der Waals surface area contributed by atoms with Crippen LogP contribution in [-0.2, 0) is 5.60 Å². The molecule has 0 bridgehead atoms. The van der Waals surface area contributed by atoms with E-state index in [1.54, 1.807) is 6.07 Å². The average Bonchev–Trinajstić information content (AvgIpc) is 2.46. The first-order valence-electron chi connectivity index (χ1n) is 6.33. The van der Waals surface area contributed by atoms with Gasteiger partial charge in [0.05, 0.1) is 7.11 Å². The van der Waals surface area contributed by atoms with E-state index in [4.69, 9.17) is 4.74 Å². The van der Waals surface area contributed by atoms with Crippen LogP contribution in [-0.4, -0.2) is 12.2 Å². The van der Waals surface area contributed by atoms with Gasteiger partial charge in [-0.05, 0) is 41.8 Å². The van der Waals surface area contributed by atoms with Gasteiger partial charge in [-0.1, -0.05) is 41.1 Å². The number of hydrogen-bond donors (Lipinski definition) is 1. The second kappa shape index (κ2) is 5.94. The lowest BCUT2D eigenvalue weighted by Crippen LogP contribution is -2.26. The van der Waals surface area contributed by atoms with Gasteiger partial charge in [-0.25, -0.2) is 4.39 Å². The van der Waals surface area contributed by atoms with Crippen LogP contribution in [0, 0.1) is 5.82 Å². The first kappa shape index (κ1) is 15.0. The third-order valence-electron chi connectivity index (χ3n) is 3.44. The lowest BCUT2D eigenvalue weighted by atomic mass is 9.84. The van der Waals surface area contributed by atoms with Gasteiger partial charge in [0.25, 0.3) is 0 Å². The zero-order chi connectivity index (χ0) is 14.8. The highest BCUT2D eigenvalue weighted by Gasteiger charge is 2.30. The van der Waals surface area contributed by atoms with Crippen LogP contribution in [0.15, 0.2) is 46.9 Å². The summed E-state index contributed by atoms with van der Waals surface area (Å²) in [4.78, 5) is 0. The Morgan fingerprint density at radius 3 is 2.45 bits per heavy atom. The number of methoxy groups -OCH3 is 1. The molecule has 20 heavy (non-hydrogen) atoms. The molecule has 1 unspecified atom stereocenters. The van der Waals surface area contributed by atoms with Crippen LogP contribution in [0.25, 0.3) is 0 Å². The largest absolute Gasteiger partial charge is 0.494 e. The van der Waals surface area contributed by atoms with Crippen molar-refractivity contribution in [2.75, 3.05) is 7.11 Å². The van der Waals surface area contributed by atoms with E-state index in [1.165, 1.54) is 19.2 Å². The SMILES string of the molecule is CCC(O)(c1cccc(Br)c1)c1ccc(OC)c(F)c1. The third-order valence-corrected chi connectivity index (χ3v) is 3.94. The predicted molar refractivity (Wildman–Crippen MR) is 80.4 cm³/mol. The molecule has 0 fully saturated rings. The van der Waals surface area contributed by atoms with Crippen molar-refractivity contribution in [1.82, 2.24) is 0 Å². The fraction of sp³-hybridized carbons (Fsp3) is 0.250. The fourth-order valence-corrected chi connectivity index (χ4v) is 2.64. The highest BCUT2D eigenvalue weighted by Crippen LogP contribution is 2.35. The summed E-state index contributed by atoms with van der Waals surface area (Å²) in [5, 5.41) is 10.9. The number of benzene rings is 2. The molecule has 0 saturated heterocycles. The zero-order valence-electron chi connectivity index (χ0n) is 11.4. The predicted octanol–water partition coefficient (Wildman–Crippen LogP) is 4.24. The van der Waals surface area contributed by atoms with Gasteiger partial charge < -0.3 is 9.84 Å². The number of aliphatic hydroxyl groups is 1. The van der Waals surface area contributed by atoms with Crippen molar-refractivity contribution < 1.29 is 14.2 Å². The van der Waals surface area contributed by atoms with Gasteiger partial charge in [-0.2, -0.15) is 0 Å². The Morgan fingerprint density at radius 1 is 1.20 bits per heavy atom. The van der Waals surface area contributed by atoms with Gasteiger partial charge in [-0.15, -0.1) is 0 Å². The Labute approximate surface area is 126 Å². The molecule has 2 nitrogen and oxygen atoms in total. The molecule has 0 amide bonds. The molecule has 2 aromatic rings. The summed E-state index contributed by atoms with van der Waals surface area (Å²) < 4.78 is 19.6. The van der Waals surface area contributed by atoms with Crippen LogP contribution in [0.2, 0.25) is 0 Å². The van der Waals surface area contributed by atoms with Crippen LogP contribution >= 0.6 is 15.9 Å². The molecule has 0 aliphatic rings. The molecule has 0 heterocycles. The van der Waals surface area contributed by atoms with Gasteiger partial charge in [0.15, 0.2) is 11.6 Å². The van der Waals surface area contributed by atoms with Crippen LogP contribution in [0.4, 0.5) is 4.39 Å². The van der Waals surface area contributed by atoms with E-state index >= 15 is 0 Å². The highest BCUT2D eigenvalue weighted by molar-refractivity contribution is 9.10. The Kier molecular flexibility index (Phi) is 4.45. The molecule has 0 aliphatic carbocycles. The minimum absolute atomic E-state index is 0.168. The molecule has 1 N–H and O–H groups in total. The van der Waals surface area contributed by atoms with Crippen molar-refractivity contribution >= 4 is 15.9 Å². The van der Waals surface area contributed by atoms with Crippen LogP contribution in [0.5, 0.6) is 5.75 Å². The lowest BCUT2D eigenvalue weighted by molar-refractivity contribution is 0.0760. The molecule has 2 aromatic carbocycles. The van der Waals surface area contributed by atoms with Crippen molar-refractivity contribution in [3.8, 4) is 5.75 Å². The maximum Gasteiger partial charge on any atom is 0.165 e. The van der Waals surface area contributed by atoms with Crippen LogP contribution in [0.1, 0.15) is 24.5 Å². The minimum Gasteiger partial charge on any atom is -0.494 e. The number of ether oxygens (including phenoxy) is 1. The topological polar surface area (TPSA) is 29.5 Å². The van der Waals surface area contributed by atoms with Crippen molar-refractivity contribution in [3.05, 3.63) is 63.9 Å². The Bertz CT molecular complexity index is 615. The lowest BCUT2D eigenvalue weighted by Gasteiger charge is -2.28. The standard InChI is InChI=1S/C16H16BrFO2/c1-3-16(19,11-5-4-6-13(17)9-11)12-7-8-15(20-2)14(18)10-12/h4-10,19H,3H2,1-2H3. The summed E-state index contributed by atoms with van der Waals surface area (Å²) in [6.07, 6.45) is 0.440. The molecule has 0 saturated carbocycles. The van der Waals surface area contributed by atoms with E-state index in [9.17, 15) is 9.50 Å². The molecule has 0 radical (unpaired) electrons. The van der Waals surface area contributed by atoms with E-state index in [0.29, 0.717) is 12.0 Å². The molecule has 0 spiro atoms. The fourth-order valence-electron chi connectivity index (χ4n) is 2.24. The van der Waals surface area contributed by atoms with Crippen molar-refractivity contribution in [1.29, 1.82) is 0 Å². The van der Waals surface area contributed by atoms with Gasteiger partial charge in [-0.3, -0.25) is 0 Å². The zero-order valence-corrected chi connectivity index (χ0v) is 12.9. The van der Waals surface area contributed by atoms with Crippen molar-refractivity contribution in [3.63, 3.8) is 0 Å². The summed E-state index contributed by atoms with van der Waals surface area (Å²) in [5.41, 5.74) is 0.00649. The van der Waals surface area contributed by atoms with Crippen molar-refractivity contribution in [2.24, 2.45) is 0 Å². The Morgan fingerprint density at radius 2 is 1.90 bits per heavy atom. The molecular formula is C16H16BrFO2. The molecule has 2 rings (SSSR count). The van der Waals surface area contributed by atoms with E-state index in [0.717, 1.165) is 10.0 Å². The molecule has 106 valence electrons. The average molecular weight is 339 g/mol. The van der Waals surface area contributed by atoms with Crippen molar-refractivity contribution in [2.45, 2.75) is 18.9 Å². The summed E-state index contributed by atoms with van der Waals surface area (Å²) in [7, 11) is 1.42. The maximum absolute atomic E-state index is 13.9. The monoisotopic (exact) mass is 338 g/mol. The van der Waals surface area contributed by atoms with Gasteiger partial charge in [0.2, 0.25) is 0 Å².